The van der Waals surface area contributed by atoms with E-state index in [-0.39, 0.29) is 5.60 Å². The number of aliphatic hydroxyl groups is 1. The van der Waals surface area contributed by atoms with Crippen LogP contribution in [0.4, 0.5) is 0 Å². The second kappa shape index (κ2) is 4.51. The quantitative estimate of drug-likeness (QED) is 0.898. The van der Waals surface area contributed by atoms with Gasteiger partial charge in [-0.1, -0.05) is 11.6 Å². The van der Waals surface area contributed by atoms with Crippen molar-refractivity contribution < 1.29 is 9.84 Å². The molecule has 5 heteroatoms. The predicted molar refractivity (Wildman–Crippen MR) is 70.9 cm³/mol. The number of halogens is 1. The molecule has 1 aromatic rings. The van der Waals surface area contributed by atoms with E-state index in [2.05, 4.69) is 5.10 Å². The highest BCUT2D eigenvalue weighted by molar-refractivity contribution is 6.31. The van der Waals surface area contributed by atoms with Crippen LogP contribution in [0, 0.1) is 6.92 Å². The van der Waals surface area contributed by atoms with E-state index < -0.39 is 5.60 Å². The molecule has 0 saturated carbocycles. The van der Waals surface area contributed by atoms with Crippen molar-refractivity contribution in [2.45, 2.75) is 51.2 Å². The van der Waals surface area contributed by atoms with Crippen molar-refractivity contribution >= 4 is 11.6 Å². The van der Waals surface area contributed by atoms with Crippen LogP contribution in [0.2, 0.25) is 5.02 Å². The number of nitrogens with zero attached hydrogens (tertiary/aromatic N) is 2. The number of ether oxygens (including phenoxy) is 1. The van der Waals surface area contributed by atoms with Gasteiger partial charge >= 0.3 is 0 Å². The summed E-state index contributed by atoms with van der Waals surface area (Å²) in [5.74, 6) is 0. The standard InChI is InChI=1S/C13H21ClN2O2/c1-9-11(14)10(16(4)15-9)7-13(17)5-6-18-12(2,3)8-13/h17H,5-8H2,1-4H3. The Kier molecular flexibility index (Phi) is 3.47. The lowest BCUT2D eigenvalue weighted by molar-refractivity contribution is -0.143. The van der Waals surface area contributed by atoms with Crippen LogP contribution in [0.25, 0.3) is 0 Å². The van der Waals surface area contributed by atoms with Gasteiger partial charge in [0, 0.05) is 19.9 Å². The number of aromatic nitrogens is 2. The van der Waals surface area contributed by atoms with Gasteiger partial charge in [0.1, 0.15) is 0 Å². The molecule has 102 valence electrons. The molecule has 2 heterocycles. The highest BCUT2D eigenvalue weighted by Gasteiger charge is 2.40. The van der Waals surface area contributed by atoms with E-state index in [1.54, 1.807) is 4.68 Å². The first kappa shape index (κ1) is 13.8. The molecule has 1 atom stereocenters. The van der Waals surface area contributed by atoms with Crippen LogP contribution >= 0.6 is 11.6 Å². The predicted octanol–water partition coefficient (Wildman–Crippen LogP) is 2.24. The third kappa shape index (κ3) is 2.71. The monoisotopic (exact) mass is 272 g/mol. The average Bonchev–Trinajstić information content (AvgIpc) is 2.43. The summed E-state index contributed by atoms with van der Waals surface area (Å²) in [5, 5.41) is 15.7. The minimum atomic E-state index is -0.758. The largest absolute Gasteiger partial charge is 0.389 e. The molecule has 0 bridgehead atoms. The summed E-state index contributed by atoms with van der Waals surface area (Å²) in [7, 11) is 1.86. The molecule has 1 saturated heterocycles. The first-order chi connectivity index (χ1) is 8.22. The Labute approximate surface area is 113 Å². The van der Waals surface area contributed by atoms with E-state index in [0.29, 0.717) is 30.9 Å². The normalized spacial score (nSPS) is 27.4. The SMILES string of the molecule is Cc1nn(C)c(CC2(O)CCOC(C)(C)C2)c1Cl. The van der Waals surface area contributed by atoms with Crippen molar-refractivity contribution in [1.29, 1.82) is 0 Å². The van der Waals surface area contributed by atoms with E-state index in [1.807, 2.05) is 27.8 Å². The fourth-order valence-corrected chi connectivity index (χ4v) is 3.01. The van der Waals surface area contributed by atoms with E-state index in [1.165, 1.54) is 0 Å². The van der Waals surface area contributed by atoms with Gasteiger partial charge in [0.2, 0.25) is 0 Å². The van der Waals surface area contributed by atoms with Crippen LogP contribution in [0.3, 0.4) is 0 Å². The third-order valence-corrected chi connectivity index (χ3v) is 4.06. The van der Waals surface area contributed by atoms with Crippen LogP contribution < -0.4 is 0 Å². The second-order valence-corrected chi connectivity index (χ2v) is 6.28. The van der Waals surface area contributed by atoms with Gasteiger partial charge in [-0.15, -0.1) is 0 Å². The lowest BCUT2D eigenvalue weighted by Crippen LogP contribution is -2.47. The molecule has 1 aliphatic heterocycles. The molecule has 2 rings (SSSR count). The molecule has 4 nitrogen and oxygen atoms in total. The maximum atomic E-state index is 10.7. The summed E-state index contributed by atoms with van der Waals surface area (Å²) in [4.78, 5) is 0. The minimum absolute atomic E-state index is 0.285. The van der Waals surface area contributed by atoms with Gasteiger partial charge in [-0.3, -0.25) is 4.68 Å². The Morgan fingerprint density at radius 3 is 2.67 bits per heavy atom. The van der Waals surface area contributed by atoms with E-state index >= 15 is 0 Å². The number of rotatable bonds is 2. The zero-order valence-corrected chi connectivity index (χ0v) is 12.2. The summed E-state index contributed by atoms with van der Waals surface area (Å²) in [5.41, 5.74) is 0.664. The fraction of sp³-hybridized carbons (Fsp3) is 0.769. The molecular formula is C13H21ClN2O2. The molecule has 1 unspecified atom stereocenters. The molecule has 0 aromatic carbocycles. The summed E-state index contributed by atoms with van der Waals surface area (Å²) >= 11 is 6.24. The molecule has 0 spiro atoms. The van der Waals surface area contributed by atoms with Crippen LogP contribution in [0.1, 0.15) is 38.1 Å². The van der Waals surface area contributed by atoms with E-state index in [9.17, 15) is 5.11 Å². The van der Waals surface area contributed by atoms with Gasteiger partial charge in [0.05, 0.1) is 34.2 Å². The first-order valence-corrected chi connectivity index (χ1v) is 6.65. The molecule has 1 fully saturated rings. The minimum Gasteiger partial charge on any atom is -0.389 e. The van der Waals surface area contributed by atoms with Crippen molar-refractivity contribution in [3.05, 3.63) is 16.4 Å². The lowest BCUT2D eigenvalue weighted by atomic mass is 9.81. The molecular weight excluding hydrogens is 252 g/mol. The van der Waals surface area contributed by atoms with Gasteiger partial charge in [-0.05, 0) is 27.2 Å². The summed E-state index contributed by atoms with van der Waals surface area (Å²) < 4.78 is 7.41. The Morgan fingerprint density at radius 1 is 1.50 bits per heavy atom. The van der Waals surface area contributed by atoms with Crippen molar-refractivity contribution in [3.8, 4) is 0 Å². The Hall–Kier alpha value is -0.580. The van der Waals surface area contributed by atoms with Crippen molar-refractivity contribution in [3.63, 3.8) is 0 Å². The van der Waals surface area contributed by atoms with Gasteiger partial charge in [-0.25, -0.2) is 0 Å². The zero-order chi connectivity index (χ0) is 13.6. The van der Waals surface area contributed by atoms with Gasteiger partial charge < -0.3 is 9.84 Å². The maximum Gasteiger partial charge on any atom is 0.0848 e. The Balaban J connectivity index is 2.22. The number of aryl methyl sites for hydroxylation is 2. The van der Waals surface area contributed by atoms with Gasteiger partial charge in [0.25, 0.3) is 0 Å². The molecule has 1 aliphatic rings. The molecule has 0 radical (unpaired) electrons. The number of hydrogen-bond donors (Lipinski definition) is 1. The van der Waals surface area contributed by atoms with E-state index in [0.717, 1.165) is 11.4 Å². The summed E-state index contributed by atoms with van der Waals surface area (Å²) in [6, 6.07) is 0. The molecule has 1 N–H and O–H groups in total. The fourth-order valence-electron chi connectivity index (χ4n) is 2.78. The maximum absolute atomic E-state index is 10.7. The third-order valence-electron chi connectivity index (χ3n) is 3.57. The van der Waals surface area contributed by atoms with Crippen molar-refractivity contribution in [1.82, 2.24) is 9.78 Å². The van der Waals surface area contributed by atoms with Crippen LogP contribution in [0.5, 0.6) is 0 Å². The lowest BCUT2D eigenvalue weighted by Gasteiger charge is -2.41. The van der Waals surface area contributed by atoms with Crippen LogP contribution in [0.15, 0.2) is 0 Å². The average molecular weight is 273 g/mol. The molecule has 0 aliphatic carbocycles. The highest BCUT2D eigenvalue weighted by Crippen LogP contribution is 2.36. The van der Waals surface area contributed by atoms with E-state index in [4.69, 9.17) is 16.3 Å². The molecule has 1 aromatic heterocycles. The topological polar surface area (TPSA) is 47.3 Å². The Bertz CT molecular complexity index is 456. The summed E-state index contributed by atoms with van der Waals surface area (Å²) in [6.07, 6.45) is 1.77. The molecule has 18 heavy (non-hydrogen) atoms. The first-order valence-electron chi connectivity index (χ1n) is 6.27. The van der Waals surface area contributed by atoms with Gasteiger partial charge in [0.15, 0.2) is 0 Å². The highest BCUT2D eigenvalue weighted by atomic mass is 35.5. The van der Waals surface area contributed by atoms with Gasteiger partial charge in [-0.2, -0.15) is 5.10 Å². The number of hydrogen-bond acceptors (Lipinski definition) is 3. The molecule has 0 amide bonds. The van der Waals surface area contributed by atoms with Crippen molar-refractivity contribution in [2.24, 2.45) is 7.05 Å². The Morgan fingerprint density at radius 2 is 2.17 bits per heavy atom. The smallest absolute Gasteiger partial charge is 0.0848 e. The zero-order valence-electron chi connectivity index (χ0n) is 11.5. The van der Waals surface area contributed by atoms with Crippen LogP contribution in [-0.4, -0.2) is 32.7 Å². The second-order valence-electron chi connectivity index (χ2n) is 5.91. The van der Waals surface area contributed by atoms with Crippen molar-refractivity contribution in [2.75, 3.05) is 6.61 Å². The summed E-state index contributed by atoms with van der Waals surface area (Å²) in [6.45, 7) is 6.47. The van der Waals surface area contributed by atoms with Crippen LogP contribution in [-0.2, 0) is 18.2 Å².